The molecule has 6 heteroatoms. The third-order valence-corrected chi connectivity index (χ3v) is 3.72. The second-order valence-electron chi connectivity index (χ2n) is 5.66. The van der Waals surface area contributed by atoms with E-state index in [1.807, 2.05) is 55.6 Å². The van der Waals surface area contributed by atoms with E-state index in [9.17, 15) is 4.79 Å². The van der Waals surface area contributed by atoms with Crippen molar-refractivity contribution in [2.24, 2.45) is 7.05 Å². The smallest absolute Gasteiger partial charge is 0.326 e. The molecule has 2 amide bonds. The summed E-state index contributed by atoms with van der Waals surface area (Å²) in [6.07, 6.45) is 3.41. The van der Waals surface area contributed by atoms with Crippen LogP contribution < -0.4 is 15.0 Å². The number of aryl methyl sites for hydroxylation is 1. The molecule has 25 heavy (non-hydrogen) atoms. The minimum atomic E-state index is -0.242. The summed E-state index contributed by atoms with van der Waals surface area (Å²) in [6, 6.07) is 17.0. The molecule has 0 aliphatic carbocycles. The van der Waals surface area contributed by atoms with Crippen LogP contribution in [0.2, 0.25) is 0 Å². The Morgan fingerprint density at radius 3 is 2.72 bits per heavy atom. The number of benzene rings is 2. The zero-order chi connectivity index (χ0) is 17.6. The minimum Gasteiger partial charge on any atom is -0.489 e. The van der Waals surface area contributed by atoms with E-state index >= 15 is 0 Å². The van der Waals surface area contributed by atoms with Gasteiger partial charge in [0.1, 0.15) is 12.4 Å². The Hall–Kier alpha value is -3.28. The highest BCUT2D eigenvalue weighted by molar-refractivity contribution is 6.01. The summed E-state index contributed by atoms with van der Waals surface area (Å²) in [7, 11) is 3.50. The average molecular weight is 336 g/mol. The molecule has 3 aromatic rings. The summed E-state index contributed by atoms with van der Waals surface area (Å²) in [4.78, 5) is 13.9. The van der Waals surface area contributed by atoms with Gasteiger partial charge in [-0.2, -0.15) is 5.10 Å². The first-order chi connectivity index (χ1) is 12.1. The number of urea groups is 1. The Morgan fingerprint density at radius 2 is 2.00 bits per heavy atom. The number of anilines is 2. The van der Waals surface area contributed by atoms with E-state index in [4.69, 9.17) is 4.74 Å². The number of amides is 2. The van der Waals surface area contributed by atoms with Crippen LogP contribution in [-0.2, 0) is 13.7 Å². The maximum atomic E-state index is 12.3. The molecular weight excluding hydrogens is 316 g/mol. The van der Waals surface area contributed by atoms with Gasteiger partial charge in [0.2, 0.25) is 0 Å². The van der Waals surface area contributed by atoms with E-state index < -0.39 is 0 Å². The third-order valence-electron chi connectivity index (χ3n) is 3.72. The third kappa shape index (κ3) is 4.38. The van der Waals surface area contributed by atoms with Gasteiger partial charge < -0.3 is 10.1 Å². The summed E-state index contributed by atoms with van der Waals surface area (Å²) in [5.41, 5.74) is 2.48. The van der Waals surface area contributed by atoms with Crippen LogP contribution in [0.25, 0.3) is 0 Å². The lowest BCUT2D eigenvalue weighted by Crippen LogP contribution is -2.30. The SMILES string of the molecule is CN(C(=O)Nc1cccc(OCc2ccccc2)c1)c1cnn(C)c1. The normalized spacial score (nSPS) is 10.3. The highest BCUT2D eigenvalue weighted by atomic mass is 16.5. The highest BCUT2D eigenvalue weighted by Gasteiger charge is 2.12. The number of nitrogens with one attached hydrogen (secondary N) is 1. The fourth-order valence-electron chi connectivity index (χ4n) is 2.31. The van der Waals surface area contributed by atoms with Gasteiger partial charge in [0, 0.05) is 32.0 Å². The Bertz CT molecular complexity index is 845. The van der Waals surface area contributed by atoms with Gasteiger partial charge in [-0.1, -0.05) is 36.4 Å². The molecule has 128 valence electrons. The summed E-state index contributed by atoms with van der Waals surface area (Å²) in [5.74, 6) is 0.700. The quantitative estimate of drug-likeness (QED) is 0.773. The fraction of sp³-hybridized carbons (Fsp3) is 0.158. The van der Waals surface area contributed by atoms with Gasteiger partial charge in [-0.25, -0.2) is 4.79 Å². The Morgan fingerprint density at radius 1 is 1.20 bits per heavy atom. The molecule has 0 aliphatic rings. The maximum Gasteiger partial charge on any atom is 0.326 e. The van der Waals surface area contributed by atoms with E-state index in [1.165, 1.54) is 4.90 Å². The molecule has 6 nitrogen and oxygen atoms in total. The largest absolute Gasteiger partial charge is 0.489 e. The Labute approximate surface area is 146 Å². The molecule has 0 bridgehead atoms. The highest BCUT2D eigenvalue weighted by Crippen LogP contribution is 2.20. The number of carbonyl (C=O) groups excluding carboxylic acids is 1. The van der Waals surface area contributed by atoms with E-state index in [2.05, 4.69) is 10.4 Å². The number of aromatic nitrogens is 2. The van der Waals surface area contributed by atoms with Crippen LogP contribution in [0.1, 0.15) is 5.56 Å². The number of nitrogens with zero attached hydrogens (tertiary/aromatic N) is 3. The summed E-state index contributed by atoms with van der Waals surface area (Å²) in [6.45, 7) is 0.480. The van der Waals surface area contributed by atoms with Crippen molar-refractivity contribution in [3.63, 3.8) is 0 Å². The van der Waals surface area contributed by atoms with E-state index in [0.29, 0.717) is 18.0 Å². The first-order valence-electron chi connectivity index (χ1n) is 7.92. The average Bonchev–Trinajstić information content (AvgIpc) is 3.07. The van der Waals surface area contributed by atoms with Crippen LogP contribution in [0.3, 0.4) is 0 Å². The van der Waals surface area contributed by atoms with Crippen molar-refractivity contribution in [2.75, 3.05) is 17.3 Å². The van der Waals surface area contributed by atoms with Crippen molar-refractivity contribution >= 4 is 17.4 Å². The number of ether oxygens (including phenoxy) is 1. The molecule has 0 radical (unpaired) electrons. The van der Waals surface area contributed by atoms with Gasteiger partial charge in [-0.3, -0.25) is 9.58 Å². The lowest BCUT2D eigenvalue weighted by atomic mass is 10.2. The molecular formula is C19H20N4O2. The summed E-state index contributed by atoms with van der Waals surface area (Å²) in [5, 5.41) is 6.93. The molecule has 0 spiro atoms. The predicted molar refractivity (Wildman–Crippen MR) is 97.8 cm³/mol. The van der Waals surface area contributed by atoms with Gasteiger partial charge in [0.15, 0.2) is 0 Å². The van der Waals surface area contributed by atoms with E-state index in [-0.39, 0.29) is 6.03 Å². The van der Waals surface area contributed by atoms with Crippen LogP contribution >= 0.6 is 0 Å². The van der Waals surface area contributed by atoms with Crippen LogP contribution in [0.15, 0.2) is 67.0 Å². The Kier molecular flexibility index (Phi) is 4.99. The first kappa shape index (κ1) is 16.6. The van der Waals surface area contributed by atoms with E-state index in [0.717, 1.165) is 11.3 Å². The van der Waals surface area contributed by atoms with E-state index in [1.54, 1.807) is 30.2 Å². The molecule has 0 unspecified atom stereocenters. The van der Waals surface area contributed by atoms with Gasteiger partial charge in [0.25, 0.3) is 0 Å². The standard InChI is InChI=1S/C19H20N4O2/c1-22-13-17(12-20-22)23(2)19(24)21-16-9-6-10-18(11-16)25-14-15-7-4-3-5-8-15/h3-13H,14H2,1-2H3,(H,21,24). The van der Waals surface area contributed by atoms with Crippen molar-refractivity contribution in [3.05, 3.63) is 72.6 Å². The topological polar surface area (TPSA) is 59.4 Å². The number of rotatable bonds is 5. The monoisotopic (exact) mass is 336 g/mol. The molecule has 0 fully saturated rings. The molecule has 1 aromatic heterocycles. The first-order valence-corrected chi connectivity index (χ1v) is 7.92. The number of hydrogen-bond donors (Lipinski definition) is 1. The second-order valence-corrected chi connectivity index (χ2v) is 5.66. The van der Waals surface area contributed by atoms with Crippen molar-refractivity contribution in [2.45, 2.75) is 6.61 Å². The van der Waals surface area contributed by atoms with Crippen molar-refractivity contribution in [3.8, 4) is 5.75 Å². The Balaban J connectivity index is 1.62. The van der Waals surface area contributed by atoms with Crippen molar-refractivity contribution in [1.29, 1.82) is 0 Å². The second kappa shape index (κ2) is 7.53. The number of hydrogen-bond acceptors (Lipinski definition) is 3. The van der Waals surface area contributed by atoms with Crippen molar-refractivity contribution in [1.82, 2.24) is 9.78 Å². The molecule has 0 aliphatic heterocycles. The van der Waals surface area contributed by atoms with Gasteiger partial charge in [0.05, 0.1) is 11.9 Å². The maximum absolute atomic E-state index is 12.3. The van der Waals surface area contributed by atoms with Crippen LogP contribution in [0.4, 0.5) is 16.2 Å². The molecule has 1 N–H and O–H groups in total. The van der Waals surface area contributed by atoms with Gasteiger partial charge in [-0.05, 0) is 17.7 Å². The zero-order valence-electron chi connectivity index (χ0n) is 14.2. The molecule has 1 heterocycles. The summed E-state index contributed by atoms with van der Waals surface area (Å²) >= 11 is 0. The van der Waals surface area contributed by atoms with Gasteiger partial charge >= 0.3 is 6.03 Å². The summed E-state index contributed by atoms with van der Waals surface area (Å²) < 4.78 is 7.43. The minimum absolute atomic E-state index is 0.242. The van der Waals surface area contributed by atoms with Crippen LogP contribution in [0.5, 0.6) is 5.75 Å². The van der Waals surface area contributed by atoms with Gasteiger partial charge in [-0.15, -0.1) is 0 Å². The van der Waals surface area contributed by atoms with Crippen LogP contribution in [0, 0.1) is 0 Å². The molecule has 0 saturated heterocycles. The number of carbonyl (C=O) groups is 1. The van der Waals surface area contributed by atoms with Crippen LogP contribution in [-0.4, -0.2) is 22.9 Å². The zero-order valence-corrected chi connectivity index (χ0v) is 14.2. The lowest BCUT2D eigenvalue weighted by Gasteiger charge is -2.16. The molecule has 3 rings (SSSR count). The van der Waals surface area contributed by atoms with Crippen molar-refractivity contribution < 1.29 is 9.53 Å². The predicted octanol–water partition coefficient (Wildman–Crippen LogP) is 3.67. The molecule has 0 saturated carbocycles. The lowest BCUT2D eigenvalue weighted by molar-refractivity contribution is 0.258. The molecule has 0 atom stereocenters. The fourth-order valence-corrected chi connectivity index (χ4v) is 2.31. The molecule has 2 aromatic carbocycles.